The maximum atomic E-state index is 11.3. The molecular formula is C12H14ClNO3S. The average molecular weight is 288 g/mol. The van der Waals surface area contributed by atoms with Crippen molar-refractivity contribution in [3.05, 3.63) is 28.8 Å². The van der Waals surface area contributed by atoms with E-state index in [-0.39, 0.29) is 16.6 Å². The number of benzene rings is 1. The summed E-state index contributed by atoms with van der Waals surface area (Å²) in [7, 11) is -0.720. The second-order valence-corrected chi connectivity index (χ2v) is 6.34. The molecule has 0 atom stereocenters. The molecule has 0 aliphatic carbocycles. The molecule has 4 nitrogen and oxygen atoms in total. The van der Waals surface area contributed by atoms with Crippen LogP contribution in [0, 0.1) is 0 Å². The number of anilines is 1. The van der Waals surface area contributed by atoms with E-state index in [1.807, 2.05) is 0 Å². The minimum absolute atomic E-state index is 0.103. The van der Waals surface area contributed by atoms with E-state index in [9.17, 15) is 9.00 Å². The van der Waals surface area contributed by atoms with Gasteiger partial charge in [-0.15, -0.1) is 0 Å². The van der Waals surface area contributed by atoms with Gasteiger partial charge in [-0.1, -0.05) is 17.7 Å². The second kappa shape index (κ2) is 5.71. The molecule has 1 heterocycles. The smallest absolute Gasteiger partial charge is 0.339 e. The van der Waals surface area contributed by atoms with Crippen molar-refractivity contribution in [2.24, 2.45) is 0 Å². The molecule has 1 aromatic rings. The lowest BCUT2D eigenvalue weighted by Gasteiger charge is -2.24. The van der Waals surface area contributed by atoms with Crippen LogP contribution < -0.4 is 5.32 Å². The van der Waals surface area contributed by atoms with Gasteiger partial charge in [-0.05, 0) is 25.0 Å². The van der Waals surface area contributed by atoms with Crippen LogP contribution in [0.3, 0.4) is 0 Å². The third kappa shape index (κ3) is 3.03. The highest BCUT2D eigenvalue weighted by Crippen LogP contribution is 2.26. The van der Waals surface area contributed by atoms with Crippen molar-refractivity contribution in [3.63, 3.8) is 0 Å². The SMILES string of the molecule is O=C(O)c1c(Cl)cccc1NC1CCS(=O)CC1. The van der Waals surface area contributed by atoms with Crippen LogP contribution in [0.2, 0.25) is 5.02 Å². The van der Waals surface area contributed by atoms with Crippen molar-refractivity contribution >= 4 is 34.1 Å². The summed E-state index contributed by atoms with van der Waals surface area (Å²) in [5.74, 6) is 0.295. The molecule has 0 amide bonds. The van der Waals surface area contributed by atoms with Gasteiger partial charge in [-0.2, -0.15) is 0 Å². The van der Waals surface area contributed by atoms with Crippen LogP contribution in [0.5, 0.6) is 0 Å². The number of halogens is 1. The van der Waals surface area contributed by atoms with Crippen molar-refractivity contribution in [1.29, 1.82) is 0 Å². The van der Waals surface area contributed by atoms with Crippen molar-refractivity contribution in [3.8, 4) is 0 Å². The van der Waals surface area contributed by atoms with E-state index in [2.05, 4.69) is 5.32 Å². The van der Waals surface area contributed by atoms with E-state index in [0.29, 0.717) is 17.2 Å². The van der Waals surface area contributed by atoms with Gasteiger partial charge in [0.1, 0.15) is 5.56 Å². The number of nitrogens with one attached hydrogen (secondary N) is 1. The first-order chi connectivity index (χ1) is 8.58. The number of hydrogen-bond donors (Lipinski definition) is 2. The average Bonchev–Trinajstić information content (AvgIpc) is 2.32. The highest BCUT2D eigenvalue weighted by Gasteiger charge is 2.21. The van der Waals surface area contributed by atoms with Crippen LogP contribution >= 0.6 is 11.6 Å². The van der Waals surface area contributed by atoms with Gasteiger partial charge in [-0.3, -0.25) is 4.21 Å². The van der Waals surface area contributed by atoms with Gasteiger partial charge in [0.05, 0.1) is 10.7 Å². The number of carboxylic acids is 1. The van der Waals surface area contributed by atoms with Gasteiger partial charge >= 0.3 is 5.97 Å². The lowest BCUT2D eigenvalue weighted by molar-refractivity contribution is 0.0698. The van der Waals surface area contributed by atoms with Gasteiger partial charge in [0, 0.05) is 28.3 Å². The Morgan fingerprint density at radius 2 is 2.06 bits per heavy atom. The number of hydrogen-bond acceptors (Lipinski definition) is 3. The number of rotatable bonds is 3. The summed E-state index contributed by atoms with van der Waals surface area (Å²) in [6.07, 6.45) is 1.58. The minimum Gasteiger partial charge on any atom is -0.478 e. The predicted molar refractivity (Wildman–Crippen MR) is 72.9 cm³/mol. The Hall–Kier alpha value is -1.07. The van der Waals surface area contributed by atoms with Crippen LogP contribution in [-0.4, -0.2) is 32.8 Å². The zero-order valence-corrected chi connectivity index (χ0v) is 11.3. The molecule has 0 bridgehead atoms. The molecule has 2 rings (SSSR count). The fourth-order valence-electron chi connectivity index (χ4n) is 2.02. The molecule has 18 heavy (non-hydrogen) atoms. The summed E-state index contributed by atoms with van der Waals surface area (Å²) in [4.78, 5) is 11.2. The first-order valence-corrected chi connectivity index (χ1v) is 7.58. The molecule has 0 aromatic heterocycles. The van der Waals surface area contributed by atoms with Crippen LogP contribution in [0.15, 0.2) is 18.2 Å². The Labute approximate surface area is 113 Å². The molecule has 1 fully saturated rings. The van der Waals surface area contributed by atoms with Crippen molar-refractivity contribution in [2.45, 2.75) is 18.9 Å². The predicted octanol–water partition coefficient (Wildman–Crippen LogP) is 2.36. The molecule has 1 aliphatic heterocycles. The first kappa shape index (κ1) is 13.4. The highest BCUT2D eigenvalue weighted by molar-refractivity contribution is 7.85. The number of carbonyl (C=O) groups is 1. The Morgan fingerprint density at radius 1 is 1.39 bits per heavy atom. The first-order valence-electron chi connectivity index (χ1n) is 5.71. The third-order valence-corrected chi connectivity index (χ3v) is 4.67. The van der Waals surface area contributed by atoms with Crippen LogP contribution in [0.25, 0.3) is 0 Å². The zero-order chi connectivity index (χ0) is 13.1. The van der Waals surface area contributed by atoms with Crippen LogP contribution in [-0.2, 0) is 10.8 Å². The number of carboxylic acid groups (broad SMARTS) is 1. The molecule has 0 spiro atoms. The van der Waals surface area contributed by atoms with E-state index in [0.717, 1.165) is 12.8 Å². The lowest BCUT2D eigenvalue weighted by Crippen LogP contribution is -2.30. The zero-order valence-electron chi connectivity index (χ0n) is 9.69. The molecule has 0 unspecified atom stereocenters. The molecule has 1 aromatic carbocycles. The van der Waals surface area contributed by atoms with Gasteiger partial charge in [0.25, 0.3) is 0 Å². The van der Waals surface area contributed by atoms with E-state index in [4.69, 9.17) is 16.7 Å². The highest BCUT2D eigenvalue weighted by atomic mass is 35.5. The Morgan fingerprint density at radius 3 is 2.67 bits per heavy atom. The Balaban J connectivity index is 2.16. The largest absolute Gasteiger partial charge is 0.478 e. The maximum Gasteiger partial charge on any atom is 0.339 e. The second-order valence-electron chi connectivity index (χ2n) is 4.23. The van der Waals surface area contributed by atoms with Crippen LogP contribution in [0.1, 0.15) is 23.2 Å². The summed E-state index contributed by atoms with van der Waals surface area (Å²) < 4.78 is 11.3. The summed E-state index contributed by atoms with van der Waals surface area (Å²) in [6, 6.07) is 5.16. The normalized spacial score (nSPS) is 23.6. The molecule has 0 radical (unpaired) electrons. The fourth-order valence-corrected chi connectivity index (χ4v) is 3.57. The molecule has 98 valence electrons. The van der Waals surface area contributed by atoms with E-state index in [1.54, 1.807) is 18.2 Å². The Kier molecular flexibility index (Phi) is 4.24. The van der Waals surface area contributed by atoms with E-state index >= 15 is 0 Å². The van der Waals surface area contributed by atoms with Crippen LogP contribution in [0.4, 0.5) is 5.69 Å². The topological polar surface area (TPSA) is 66.4 Å². The molecular weight excluding hydrogens is 274 g/mol. The summed E-state index contributed by atoms with van der Waals surface area (Å²) in [5.41, 5.74) is 0.638. The standard InChI is InChI=1S/C12H14ClNO3S/c13-9-2-1-3-10(11(9)12(15)16)14-8-4-6-18(17)7-5-8/h1-3,8,14H,4-7H2,(H,15,16). The molecule has 2 N–H and O–H groups in total. The number of aromatic carboxylic acids is 1. The van der Waals surface area contributed by atoms with E-state index in [1.165, 1.54) is 0 Å². The monoisotopic (exact) mass is 287 g/mol. The third-order valence-electron chi connectivity index (χ3n) is 2.98. The van der Waals surface area contributed by atoms with Gasteiger partial charge in [0.2, 0.25) is 0 Å². The molecule has 6 heteroatoms. The summed E-state index contributed by atoms with van der Waals surface area (Å²) in [5, 5.41) is 12.6. The van der Waals surface area contributed by atoms with E-state index < -0.39 is 16.8 Å². The maximum absolute atomic E-state index is 11.3. The van der Waals surface area contributed by atoms with Gasteiger partial charge in [0.15, 0.2) is 0 Å². The lowest BCUT2D eigenvalue weighted by atomic mass is 10.1. The quantitative estimate of drug-likeness (QED) is 0.896. The molecule has 1 aliphatic rings. The summed E-state index contributed by atoms with van der Waals surface area (Å²) >= 11 is 5.90. The fraction of sp³-hybridized carbons (Fsp3) is 0.417. The van der Waals surface area contributed by atoms with Gasteiger partial charge in [-0.25, -0.2) is 4.79 Å². The van der Waals surface area contributed by atoms with Crippen molar-refractivity contribution in [1.82, 2.24) is 0 Å². The Bertz CT molecular complexity index is 482. The summed E-state index contributed by atoms with van der Waals surface area (Å²) in [6.45, 7) is 0. The minimum atomic E-state index is -1.04. The molecule has 1 saturated heterocycles. The van der Waals surface area contributed by atoms with Crippen molar-refractivity contribution in [2.75, 3.05) is 16.8 Å². The van der Waals surface area contributed by atoms with Gasteiger partial charge < -0.3 is 10.4 Å². The molecule has 0 saturated carbocycles. The van der Waals surface area contributed by atoms with Crippen molar-refractivity contribution < 1.29 is 14.1 Å².